The number of nitrogens with zero attached hydrogens (tertiary/aromatic N) is 5. The number of rotatable bonds is 9. The molecule has 2 aromatic rings. The van der Waals surface area contributed by atoms with E-state index in [0.29, 0.717) is 0 Å². The monoisotopic (exact) mass is 387 g/mol. The molecule has 1 saturated heterocycles. The second-order valence-electron chi connectivity index (χ2n) is 7.06. The third-order valence-corrected chi connectivity index (χ3v) is 5.70. The number of likely N-dealkylation sites (N-methyl/N-ethyl adjacent to an activating group) is 1. The summed E-state index contributed by atoms with van der Waals surface area (Å²) in [6, 6.07) is 6.00. The van der Waals surface area contributed by atoms with Gasteiger partial charge in [-0.15, -0.1) is 10.2 Å². The molecule has 0 N–H and O–H groups in total. The zero-order valence-electron chi connectivity index (χ0n) is 16.5. The highest BCUT2D eigenvalue weighted by Crippen LogP contribution is 2.24. The third-order valence-electron chi connectivity index (χ3n) is 4.70. The van der Waals surface area contributed by atoms with E-state index in [1.54, 1.807) is 11.8 Å². The Hall–Kier alpha value is -1.70. The predicted octanol–water partition coefficient (Wildman–Crippen LogP) is 3.54. The quantitative estimate of drug-likeness (QED) is 0.484. The Labute approximate surface area is 166 Å². The fraction of sp³-hybridized carbons (Fsp3) is 0.550. The van der Waals surface area contributed by atoms with Gasteiger partial charge in [-0.2, -0.15) is 0 Å². The maximum absolute atomic E-state index is 5.87. The van der Waals surface area contributed by atoms with Crippen molar-refractivity contribution in [2.75, 3.05) is 20.2 Å². The van der Waals surface area contributed by atoms with Gasteiger partial charge in [0.05, 0.1) is 24.9 Å². The molecule has 1 unspecified atom stereocenters. The highest BCUT2D eigenvalue weighted by molar-refractivity contribution is 7.98. The van der Waals surface area contributed by atoms with E-state index in [1.807, 2.05) is 24.4 Å². The lowest BCUT2D eigenvalue weighted by Crippen LogP contribution is -2.24. The van der Waals surface area contributed by atoms with Crippen LogP contribution in [0, 0.1) is 0 Å². The summed E-state index contributed by atoms with van der Waals surface area (Å²) in [5.74, 6) is 1.79. The molecular weight excluding hydrogens is 358 g/mol. The molecule has 1 aliphatic heterocycles. The van der Waals surface area contributed by atoms with Gasteiger partial charge < -0.3 is 9.30 Å². The van der Waals surface area contributed by atoms with Crippen molar-refractivity contribution in [2.24, 2.45) is 0 Å². The van der Waals surface area contributed by atoms with E-state index >= 15 is 0 Å². The van der Waals surface area contributed by atoms with Crippen LogP contribution in [0.25, 0.3) is 0 Å². The zero-order valence-corrected chi connectivity index (χ0v) is 17.3. The molecule has 146 valence electrons. The molecule has 1 aliphatic rings. The molecule has 1 fully saturated rings. The fourth-order valence-corrected chi connectivity index (χ4v) is 4.04. The highest BCUT2D eigenvalue weighted by Gasteiger charge is 2.21. The lowest BCUT2D eigenvalue weighted by molar-refractivity contribution is 0.0935. The van der Waals surface area contributed by atoms with Gasteiger partial charge in [-0.25, -0.2) is 0 Å². The Morgan fingerprint density at radius 1 is 1.41 bits per heavy atom. The number of aromatic nitrogens is 4. The predicted molar refractivity (Wildman–Crippen MR) is 109 cm³/mol. The van der Waals surface area contributed by atoms with Crippen LogP contribution in [0.15, 0.2) is 41.2 Å². The minimum absolute atomic E-state index is 0.261. The largest absolute Gasteiger partial charge is 0.376 e. The number of allylic oxidation sites excluding steroid dienone is 1. The number of hydrogen-bond acceptors (Lipinski definition) is 6. The van der Waals surface area contributed by atoms with Gasteiger partial charge >= 0.3 is 0 Å². The first-order valence-corrected chi connectivity index (χ1v) is 10.5. The van der Waals surface area contributed by atoms with Gasteiger partial charge in [-0.05, 0) is 45.9 Å². The van der Waals surface area contributed by atoms with Crippen molar-refractivity contribution in [1.82, 2.24) is 24.6 Å². The Balaban J connectivity index is 1.72. The smallest absolute Gasteiger partial charge is 0.191 e. The molecule has 0 bridgehead atoms. The van der Waals surface area contributed by atoms with Crippen LogP contribution in [0.4, 0.5) is 0 Å². The number of pyridine rings is 1. The minimum Gasteiger partial charge on any atom is -0.376 e. The van der Waals surface area contributed by atoms with E-state index in [2.05, 4.69) is 51.6 Å². The van der Waals surface area contributed by atoms with Crippen LogP contribution in [-0.4, -0.2) is 51.0 Å². The molecular formula is C20H29N5OS. The Morgan fingerprint density at radius 2 is 2.30 bits per heavy atom. The molecule has 3 rings (SSSR count). The summed E-state index contributed by atoms with van der Waals surface area (Å²) in [7, 11) is 2.12. The van der Waals surface area contributed by atoms with Crippen molar-refractivity contribution in [3.63, 3.8) is 0 Å². The maximum Gasteiger partial charge on any atom is 0.191 e. The number of ether oxygens (including phenoxy) is 1. The zero-order chi connectivity index (χ0) is 19.1. The van der Waals surface area contributed by atoms with Crippen LogP contribution in [0.5, 0.6) is 0 Å². The molecule has 3 heterocycles. The Kier molecular flexibility index (Phi) is 7.43. The van der Waals surface area contributed by atoms with Crippen LogP contribution in [0.1, 0.15) is 38.2 Å². The summed E-state index contributed by atoms with van der Waals surface area (Å²) >= 11 is 1.69. The van der Waals surface area contributed by atoms with E-state index in [-0.39, 0.29) is 6.10 Å². The fourth-order valence-electron chi connectivity index (χ4n) is 3.15. The molecule has 27 heavy (non-hydrogen) atoms. The first kappa shape index (κ1) is 20.0. The number of hydrogen-bond donors (Lipinski definition) is 0. The Morgan fingerprint density at radius 3 is 3.00 bits per heavy atom. The molecule has 0 saturated carbocycles. The van der Waals surface area contributed by atoms with Crippen molar-refractivity contribution >= 4 is 11.8 Å². The molecule has 0 aliphatic carbocycles. The van der Waals surface area contributed by atoms with Crippen molar-refractivity contribution < 1.29 is 4.74 Å². The molecule has 1 atom stereocenters. The second-order valence-corrected chi connectivity index (χ2v) is 8.00. The number of thioether (sulfide) groups is 1. The van der Waals surface area contributed by atoms with Gasteiger partial charge in [0, 0.05) is 25.1 Å². The topological polar surface area (TPSA) is 56.1 Å². The first-order valence-electron chi connectivity index (χ1n) is 9.52. The van der Waals surface area contributed by atoms with E-state index in [1.165, 1.54) is 5.57 Å². The minimum atomic E-state index is 0.261. The van der Waals surface area contributed by atoms with Crippen LogP contribution in [-0.2, 0) is 23.6 Å². The van der Waals surface area contributed by atoms with Crippen LogP contribution >= 0.6 is 11.8 Å². The SMILES string of the molecule is CC=C(C)CN(C)Cc1nnc(SCc2ccccn2)n1CC1CCCO1. The summed E-state index contributed by atoms with van der Waals surface area (Å²) in [6.45, 7) is 7.62. The van der Waals surface area contributed by atoms with Gasteiger partial charge in [0.25, 0.3) is 0 Å². The lowest BCUT2D eigenvalue weighted by Gasteiger charge is -2.19. The summed E-state index contributed by atoms with van der Waals surface area (Å²) in [6.07, 6.45) is 6.49. The molecule has 0 amide bonds. The van der Waals surface area contributed by atoms with Crippen molar-refractivity contribution in [2.45, 2.75) is 56.8 Å². The third kappa shape index (κ3) is 5.89. The molecule has 0 spiro atoms. The summed E-state index contributed by atoms with van der Waals surface area (Å²) in [5.41, 5.74) is 2.41. The summed E-state index contributed by atoms with van der Waals surface area (Å²) in [4.78, 5) is 6.68. The highest BCUT2D eigenvalue weighted by atomic mass is 32.2. The Bertz CT molecular complexity index is 740. The first-order chi connectivity index (χ1) is 13.2. The molecule has 0 aromatic carbocycles. The van der Waals surface area contributed by atoms with E-state index in [4.69, 9.17) is 4.74 Å². The average Bonchev–Trinajstić information content (AvgIpc) is 3.32. The van der Waals surface area contributed by atoms with Crippen molar-refractivity contribution in [3.8, 4) is 0 Å². The van der Waals surface area contributed by atoms with E-state index in [9.17, 15) is 0 Å². The second kappa shape index (κ2) is 10.0. The normalized spacial score (nSPS) is 17.8. The lowest BCUT2D eigenvalue weighted by atomic mass is 10.2. The van der Waals surface area contributed by atoms with Crippen molar-refractivity contribution in [3.05, 3.63) is 47.6 Å². The standard InChI is InChI=1S/C20H29N5OS/c1-4-16(2)12-24(3)14-19-22-23-20(25(19)13-18-9-7-11-26-18)27-15-17-8-5-6-10-21-17/h4-6,8,10,18H,7,9,11-15H2,1-3H3. The van der Waals surface area contributed by atoms with Gasteiger partial charge in [-0.1, -0.05) is 29.5 Å². The maximum atomic E-state index is 5.87. The molecule has 2 aromatic heterocycles. The molecule has 0 radical (unpaired) electrons. The van der Waals surface area contributed by atoms with Gasteiger partial charge in [0.15, 0.2) is 5.16 Å². The van der Waals surface area contributed by atoms with E-state index < -0.39 is 0 Å². The van der Waals surface area contributed by atoms with Gasteiger partial charge in [-0.3, -0.25) is 9.88 Å². The van der Waals surface area contributed by atoms with Crippen molar-refractivity contribution in [1.29, 1.82) is 0 Å². The summed E-state index contributed by atoms with van der Waals surface area (Å²) < 4.78 is 8.11. The molecule has 6 nitrogen and oxygen atoms in total. The van der Waals surface area contributed by atoms with Gasteiger partial charge in [0.2, 0.25) is 0 Å². The average molecular weight is 388 g/mol. The van der Waals surface area contributed by atoms with Gasteiger partial charge in [0.1, 0.15) is 5.82 Å². The van der Waals surface area contributed by atoms with E-state index in [0.717, 1.165) is 61.5 Å². The van der Waals surface area contributed by atoms with Crippen LogP contribution in [0.2, 0.25) is 0 Å². The van der Waals surface area contributed by atoms with Crippen LogP contribution in [0.3, 0.4) is 0 Å². The summed E-state index contributed by atoms with van der Waals surface area (Å²) in [5, 5.41) is 9.92. The molecule has 7 heteroatoms. The van der Waals surface area contributed by atoms with Crippen LogP contribution < -0.4 is 0 Å².